The molecule has 0 amide bonds. The Labute approximate surface area is 181 Å². The minimum Gasteiger partial charge on any atom is -0.504 e. The molecule has 1 spiro atoms. The number of carbonyl (C=O) groups is 1. The summed E-state index contributed by atoms with van der Waals surface area (Å²) in [7, 11) is 2.18. The number of hydrogen-bond donors (Lipinski definition) is 2. The first-order valence-electron chi connectivity index (χ1n) is 11.0. The van der Waals surface area contributed by atoms with Crippen LogP contribution in [0.3, 0.4) is 0 Å². The fraction of sp³-hybridized carbons (Fsp3) is 0.423. The van der Waals surface area contributed by atoms with Crippen molar-refractivity contribution in [3.05, 3.63) is 59.2 Å². The minimum absolute atomic E-state index is 0.0341. The van der Waals surface area contributed by atoms with Crippen molar-refractivity contribution in [3.63, 3.8) is 0 Å². The summed E-state index contributed by atoms with van der Waals surface area (Å²) < 4.78 is 6.75. The SMILES string of the molecule is C[N+]1(CC#Cc2ccccc2)CC[C@]23c4c5ccc(O)c4O[C@H]2C(=O)CC[C@@]3(O)[C@H]1C5. The second-order valence-electron chi connectivity index (χ2n) is 9.81. The van der Waals surface area contributed by atoms with Gasteiger partial charge in [-0.3, -0.25) is 4.79 Å². The van der Waals surface area contributed by atoms with Crippen molar-refractivity contribution in [2.24, 2.45) is 0 Å². The molecule has 1 saturated carbocycles. The molecule has 158 valence electrons. The fourth-order valence-corrected chi connectivity index (χ4v) is 6.86. The highest BCUT2D eigenvalue weighted by Gasteiger charge is 2.76. The summed E-state index contributed by atoms with van der Waals surface area (Å²) in [6.45, 7) is 1.44. The number of likely N-dealkylation sites (N-methyl/N-ethyl adjacent to an activating group) is 1. The number of Topliss-reactive ketones (excluding diaryl/α,β-unsaturated/α-hetero) is 1. The number of likely N-dealkylation sites (tertiary alicyclic amines) is 1. The van der Waals surface area contributed by atoms with Gasteiger partial charge in [0.1, 0.15) is 18.2 Å². The number of hydrogen-bond acceptors (Lipinski definition) is 4. The summed E-state index contributed by atoms with van der Waals surface area (Å²) in [4.78, 5) is 12.9. The Morgan fingerprint density at radius 3 is 2.81 bits per heavy atom. The molecule has 2 aliphatic carbocycles. The zero-order valence-corrected chi connectivity index (χ0v) is 17.6. The molecule has 4 aliphatic rings. The highest BCUT2D eigenvalue weighted by molar-refractivity contribution is 5.90. The smallest absolute Gasteiger partial charge is 0.174 e. The van der Waals surface area contributed by atoms with Gasteiger partial charge in [-0.1, -0.05) is 30.2 Å². The lowest BCUT2D eigenvalue weighted by Crippen LogP contribution is -2.80. The van der Waals surface area contributed by atoms with Crippen molar-refractivity contribution in [1.82, 2.24) is 0 Å². The standard InChI is InChI=1S/C26H25NO4/c1-27(14-5-8-17-6-3-2-4-7-17)15-13-25-22-18-9-10-19(28)23(22)31-24(25)20(29)11-12-26(25,30)21(27)16-18/h2-4,6-7,9-10,21,24,30H,11-16H2,1H3/p+1/t21-,24+,25+,26-,27?/m1/s1. The molecule has 0 aromatic heterocycles. The highest BCUT2D eigenvalue weighted by Crippen LogP contribution is 2.65. The maximum absolute atomic E-state index is 12.9. The largest absolute Gasteiger partial charge is 0.504 e. The van der Waals surface area contributed by atoms with Gasteiger partial charge in [0, 0.05) is 30.4 Å². The van der Waals surface area contributed by atoms with E-state index in [-0.39, 0.29) is 17.6 Å². The summed E-state index contributed by atoms with van der Waals surface area (Å²) >= 11 is 0. The van der Waals surface area contributed by atoms with E-state index in [0.29, 0.717) is 42.5 Å². The van der Waals surface area contributed by atoms with E-state index in [1.165, 1.54) is 0 Å². The number of benzene rings is 2. The molecular weight excluding hydrogens is 390 g/mol. The summed E-state index contributed by atoms with van der Waals surface area (Å²) in [6, 6.07) is 13.5. The minimum atomic E-state index is -1.06. The van der Waals surface area contributed by atoms with Crippen molar-refractivity contribution in [3.8, 4) is 23.3 Å². The third-order valence-electron chi connectivity index (χ3n) is 8.35. The van der Waals surface area contributed by atoms with Crippen LogP contribution in [0, 0.1) is 11.8 Å². The van der Waals surface area contributed by atoms with E-state index >= 15 is 0 Å². The van der Waals surface area contributed by atoms with E-state index in [0.717, 1.165) is 23.2 Å². The first-order chi connectivity index (χ1) is 14.9. The highest BCUT2D eigenvalue weighted by atomic mass is 16.5. The van der Waals surface area contributed by atoms with E-state index in [4.69, 9.17) is 4.74 Å². The lowest BCUT2D eigenvalue weighted by atomic mass is 9.48. The van der Waals surface area contributed by atoms with Crippen LogP contribution < -0.4 is 4.74 Å². The number of aliphatic hydroxyl groups is 1. The fourth-order valence-electron chi connectivity index (χ4n) is 6.86. The maximum Gasteiger partial charge on any atom is 0.174 e. The molecule has 5 atom stereocenters. The number of phenolic OH excluding ortho intramolecular Hbond substituents is 1. The number of phenols is 1. The zero-order valence-electron chi connectivity index (χ0n) is 17.6. The molecule has 2 aliphatic heterocycles. The summed E-state index contributed by atoms with van der Waals surface area (Å²) in [5.41, 5.74) is 1.13. The average Bonchev–Trinajstić information content (AvgIpc) is 3.13. The van der Waals surface area contributed by atoms with Gasteiger partial charge in [0.2, 0.25) is 0 Å². The molecule has 5 nitrogen and oxygen atoms in total. The Hall–Kier alpha value is -2.81. The monoisotopic (exact) mass is 416 g/mol. The van der Waals surface area contributed by atoms with Gasteiger partial charge in [-0.25, -0.2) is 0 Å². The van der Waals surface area contributed by atoms with Crippen LogP contribution in [0.1, 0.15) is 36.0 Å². The van der Waals surface area contributed by atoms with Crippen molar-refractivity contribution < 1.29 is 24.2 Å². The molecule has 5 heteroatoms. The quantitative estimate of drug-likeness (QED) is 0.553. The second-order valence-corrected chi connectivity index (χ2v) is 9.81. The number of piperidine rings is 1. The van der Waals surface area contributed by atoms with Crippen LogP contribution in [0.2, 0.25) is 0 Å². The predicted molar refractivity (Wildman–Crippen MR) is 115 cm³/mol. The molecule has 2 N–H and O–H groups in total. The number of ether oxygens (including phenoxy) is 1. The van der Waals surface area contributed by atoms with Gasteiger partial charge in [0.25, 0.3) is 0 Å². The van der Waals surface area contributed by atoms with Gasteiger partial charge in [0.15, 0.2) is 23.4 Å². The summed E-state index contributed by atoms with van der Waals surface area (Å²) in [5.74, 6) is 7.14. The third-order valence-corrected chi connectivity index (χ3v) is 8.35. The van der Waals surface area contributed by atoms with Crippen molar-refractivity contribution in [2.75, 3.05) is 20.1 Å². The number of carbonyl (C=O) groups excluding carboxylic acids is 1. The van der Waals surface area contributed by atoms with E-state index in [1.807, 2.05) is 36.4 Å². The van der Waals surface area contributed by atoms with Gasteiger partial charge in [0.05, 0.1) is 19.0 Å². The molecule has 2 fully saturated rings. The first kappa shape index (κ1) is 18.9. The Morgan fingerprint density at radius 2 is 2.00 bits per heavy atom. The molecule has 2 bridgehead atoms. The number of quaternary nitrogens is 1. The molecule has 6 rings (SSSR count). The van der Waals surface area contributed by atoms with Crippen LogP contribution in [0.5, 0.6) is 11.5 Å². The van der Waals surface area contributed by atoms with Crippen LogP contribution in [0.4, 0.5) is 0 Å². The topological polar surface area (TPSA) is 66.8 Å². The van der Waals surface area contributed by atoms with E-state index in [2.05, 4.69) is 18.9 Å². The molecule has 1 unspecified atom stereocenters. The first-order valence-corrected chi connectivity index (χ1v) is 11.0. The van der Waals surface area contributed by atoms with Crippen molar-refractivity contribution >= 4 is 5.78 Å². The van der Waals surface area contributed by atoms with Crippen LogP contribution >= 0.6 is 0 Å². The lowest BCUT2D eigenvalue weighted by Gasteiger charge is -2.63. The molecular formula is C26H26NO4+. The second kappa shape index (κ2) is 6.12. The lowest BCUT2D eigenvalue weighted by molar-refractivity contribution is -0.942. The van der Waals surface area contributed by atoms with E-state index in [9.17, 15) is 15.0 Å². The van der Waals surface area contributed by atoms with Gasteiger partial charge < -0.3 is 19.4 Å². The van der Waals surface area contributed by atoms with E-state index < -0.39 is 17.1 Å². The number of aromatic hydroxyl groups is 1. The van der Waals surface area contributed by atoms with Crippen molar-refractivity contribution in [1.29, 1.82) is 0 Å². The predicted octanol–water partition coefficient (Wildman–Crippen LogP) is 2.31. The summed E-state index contributed by atoms with van der Waals surface area (Å²) in [6.07, 6.45) is 1.36. The Kier molecular flexibility index (Phi) is 3.74. The Bertz CT molecular complexity index is 1170. The van der Waals surface area contributed by atoms with Gasteiger partial charge >= 0.3 is 0 Å². The third kappa shape index (κ3) is 2.27. The van der Waals surface area contributed by atoms with Gasteiger partial charge in [-0.05, 0) is 36.1 Å². The molecule has 1 saturated heterocycles. The van der Waals surface area contributed by atoms with Crippen LogP contribution in [0.25, 0.3) is 0 Å². The number of nitrogens with zero attached hydrogens (tertiary/aromatic N) is 1. The number of rotatable bonds is 1. The normalized spacial score (nSPS) is 36.8. The van der Waals surface area contributed by atoms with Crippen molar-refractivity contribution in [2.45, 2.75) is 48.8 Å². The molecule has 2 aromatic carbocycles. The van der Waals surface area contributed by atoms with E-state index in [1.54, 1.807) is 6.07 Å². The van der Waals surface area contributed by atoms with Crippen LogP contribution in [-0.2, 0) is 16.6 Å². The Morgan fingerprint density at radius 1 is 1.19 bits per heavy atom. The maximum atomic E-state index is 12.9. The average molecular weight is 416 g/mol. The number of ketones is 1. The van der Waals surface area contributed by atoms with Gasteiger partial charge in [-0.15, -0.1) is 0 Å². The molecule has 0 radical (unpaired) electrons. The Balaban J connectivity index is 1.46. The molecule has 2 aromatic rings. The zero-order chi connectivity index (χ0) is 21.4. The molecule has 2 heterocycles. The molecule has 31 heavy (non-hydrogen) atoms. The summed E-state index contributed by atoms with van der Waals surface area (Å²) in [5, 5.41) is 22.8. The van der Waals surface area contributed by atoms with Crippen LogP contribution in [-0.4, -0.2) is 58.4 Å². The van der Waals surface area contributed by atoms with Gasteiger partial charge in [-0.2, -0.15) is 0 Å². The van der Waals surface area contributed by atoms with Crippen LogP contribution in [0.15, 0.2) is 42.5 Å².